The molecule has 0 atom stereocenters. The highest BCUT2D eigenvalue weighted by atomic mass is 32.1. The molecule has 0 amide bonds. The van der Waals surface area contributed by atoms with E-state index in [4.69, 9.17) is 5.11 Å². The van der Waals surface area contributed by atoms with Gasteiger partial charge >= 0.3 is 5.97 Å². The fourth-order valence-electron chi connectivity index (χ4n) is 0.875. The zero-order chi connectivity index (χ0) is 10.0. The van der Waals surface area contributed by atoms with Crippen molar-refractivity contribution >= 4 is 17.3 Å². The normalized spacial score (nSPS) is 10.8. The number of carboxylic acid groups (broad SMARTS) is 1. The van der Waals surface area contributed by atoms with Crippen LogP contribution in [0.2, 0.25) is 0 Å². The first-order chi connectivity index (χ1) is 6.06. The van der Waals surface area contributed by atoms with Crippen molar-refractivity contribution in [3.05, 3.63) is 15.6 Å². The van der Waals surface area contributed by atoms with Crippen LogP contribution in [0.25, 0.3) is 0 Å². The summed E-state index contributed by atoms with van der Waals surface area (Å²) < 4.78 is 12.3. The third-order valence-corrected chi connectivity index (χ3v) is 2.91. The van der Waals surface area contributed by atoms with Gasteiger partial charge in [-0.2, -0.15) is 0 Å². The van der Waals surface area contributed by atoms with E-state index >= 15 is 0 Å². The molecule has 1 aromatic heterocycles. The van der Waals surface area contributed by atoms with E-state index in [1.165, 1.54) is 0 Å². The summed E-state index contributed by atoms with van der Waals surface area (Å²) >= 11 is 1.05. The van der Waals surface area contributed by atoms with Crippen molar-refractivity contribution in [2.75, 3.05) is 0 Å². The van der Waals surface area contributed by atoms with Gasteiger partial charge in [0.25, 0.3) is 0 Å². The van der Waals surface area contributed by atoms with Crippen LogP contribution in [0.5, 0.6) is 0 Å². The van der Waals surface area contributed by atoms with Crippen LogP contribution < -0.4 is 0 Å². The predicted molar refractivity (Wildman–Crippen MR) is 48.0 cm³/mol. The Hall–Kier alpha value is -0.970. The molecule has 13 heavy (non-hydrogen) atoms. The largest absolute Gasteiger partial charge is 0.477 e. The maximum absolute atomic E-state index is 12.3. The third-order valence-electron chi connectivity index (χ3n) is 1.53. The van der Waals surface area contributed by atoms with Gasteiger partial charge in [-0.3, -0.25) is 0 Å². The topological polar surface area (TPSA) is 50.2 Å². The number of hydrogen-bond acceptors (Lipinski definition) is 3. The van der Waals surface area contributed by atoms with E-state index in [0.29, 0.717) is 5.01 Å². The summed E-state index contributed by atoms with van der Waals surface area (Å²) in [6, 6.07) is 0. The van der Waals surface area contributed by atoms with E-state index in [-0.39, 0.29) is 16.5 Å². The molecule has 1 rings (SSSR count). The highest BCUT2D eigenvalue weighted by molar-refractivity contribution is 7.13. The fraction of sp³-hybridized carbons (Fsp3) is 0.500. The number of aromatic nitrogens is 1. The predicted octanol–water partition coefficient (Wildman–Crippen LogP) is 2.43. The Morgan fingerprint density at radius 1 is 1.69 bits per heavy atom. The van der Waals surface area contributed by atoms with Crippen molar-refractivity contribution in [3.63, 3.8) is 0 Å². The molecular weight excluding hydrogens is 193 g/mol. The summed E-state index contributed by atoms with van der Waals surface area (Å²) in [6.45, 7) is 2.98. The van der Waals surface area contributed by atoms with Crippen molar-refractivity contribution in [1.29, 1.82) is 0 Å². The van der Waals surface area contributed by atoms with Gasteiger partial charge in [0, 0.05) is 5.92 Å². The first-order valence-corrected chi connectivity index (χ1v) is 4.66. The van der Waals surface area contributed by atoms with Crippen molar-refractivity contribution in [2.24, 2.45) is 0 Å². The lowest BCUT2D eigenvalue weighted by atomic mass is 10.2. The zero-order valence-corrected chi connectivity index (χ0v) is 8.19. The smallest absolute Gasteiger partial charge is 0.347 e. The molecule has 0 unspecified atom stereocenters. The van der Waals surface area contributed by atoms with Gasteiger partial charge in [-0.1, -0.05) is 13.8 Å². The van der Waals surface area contributed by atoms with Crippen LogP contribution in [0, 0.1) is 0 Å². The zero-order valence-electron chi connectivity index (χ0n) is 7.37. The van der Waals surface area contributed by atoms with Gasteiger partial charge in [-0.25, -0.2) is 14.2 Å². The van der Waals surface area contributed by atoms with Crippen LogP contribution in [-0.4, -0.2) is 16.1 Å². The molecular formula is C8H10FNO2S. The Kier molecular flexibility index (Phi) is 2.98. The quantitative estimate of drug-likeness (QED) is 0.820. The van der Waals surface area contributed by atoms with E-state index in [0.717, 1.165) is 11.3 Å². The minimum absolute atomic E-state index is 0.0196. The number of rotatable bonds is 3. The number of halogens is 1. The third kappa shape index (κ3) is 2.03. The second-order valence-electron chi connectivity index (χ2n) is 2.92. The average molecular weight is 203 g/mol. The molecule has 1 aromatic rings. The number of thiazole rings is 1. The molecule has 0 aliphatic rings. The molecule has 0 radical (unpaired) electrons. The Balaban J connectivity index is 3.11. The lowest BCUT2D eigenvalue weighted by molar-refractivity contribution is 0.0700. The molecule has 0 spiro atoms. The van der Waals surface area contributed by atoms with Crippen molar-refractivity contribution < 1.29 is 14.3 Å². The van der Waals surface area contributed by atoms with Gasteiger partial charge in [-0.05, 0) is 0 Å². The first kappa shape index (κ1) is 10.1. The number of hydrogen-bond donors (Lipinski definition) is 1. The summed E-state index contributed by atoms with van der Waals surface area (Å²) in [5.41, 5.74) is 0.0428. The standard InChI is InChI=1S/C8H10FNO2S/c1-4(2)7-10-5(3-9)6(13-7)8(11)12/h4H,3H2,1-2H3,(H,11,12). The van der Waals surface area contributed by atoms with Crippen LogP contribution in [0.3, 0.4) is 0 Å². The monoisotopic (exact) mass is 203 g/mol. The molecule has 72 valence electrons. The van der Waals surface area contributed by atoms with Gasteiger partial charge < -0.3 is 5.11 Å². The second-order valence-corrected chi connectivity index (χ2v) is 3.95. The highest BCUT2D eigenvalue weighted by Crippen LogP contribution is 2.25. The van der Waals surface area contributed by atoms with E-state index in [1.54, 1.807) is 0 Å². The fourth-order valence-corrected chi connectivity index (χ4v) is 1.78. The van der Waals surface area contributed by atoms with Crippen LogP contribution in [-0.2, 0) is 6.67 Å². The summed E-state index contributed by atoms with van der Waals surface area (Å²) in [5, 5.41) is 9.37. The molecule has 0 bridgehead atoms. The van der Waals surface area contributed by atoms with Gasteiger partial charge in [-0.15, -0.1) is 11.3 Å². The first-order valence-electron chi connectivity index (χ1n) is 3.85. The molecule has 0 aromatic carbocycles. The Bertz CT molecular complexity index is 322. The number of aromatic carboxylic acids is 1. The average Bonchev–Trinajstić information content (AvgIpc) is 2.47. The number of nitrogens with zero attached hydrogens (tertiary/aromatic N) is 1. The molecule has 0 aliphatic carbocycles. The maximum atomic E-state index is 12.3. The molecule has 3 nitrogen and oxygen atoms in total. The molecule has 0 saturated carbocycles. The van der Waals surface area contributed by atoms with Crippen LogP contribution >= 0.6 is 11.3 Å². The van der Waals surface area contributed by atoms with Crippen molar-refractivity contribution in [1.82, 2.24) is 4.98 Å². The molecule has 0 saturated heterocycles. The van der Waals surface area contributed by atoms with Crippen LogP contribution in [0.4, 0.5) is 4.39 Å². The molecule has 1 heterocycles. The SMILES string of the molecule is CC(C)c1nc(CF)c(C(=O)O)s1. The van der Waals surface area contributed by atoms with E-state index < -0.39 is 12.6 Å². The Labute approximate surface area is 79.2 Å². The number of carbonyl (C=O) groups is 1. The van der Waals surface area contributed by atoms with E-state index in [9.17, 15) is 9.18 Å². The molecule has 0 aliphatic heterocycles. The minimum Gasteiger partial charge on any atom is -0.477 e. The van der Waals surface area contributed by atoms with Crippen LogP contribution in [0.15, 0.2) is 0 Å². The number of alkyl halides is 1. The lowest BCUT2D eigenvalue weighted by Gasteiger charge is -1.94. The molecule has 1 N–H and O–H groups in total. The Morgan fingerprint density at radius 2 is 2.31 bits per heavy atom. The maximum Gasteiger partial charge on any atom is 0.347 e. The van der Waals surface area contributed by atoms with Gasteiger partial charge in [0.15, 0.2) is 0 Å². The molecule has 0 fully saturated rings. The summed E-state index contributed by atoms with van der Waals surface area (Å²) in [7, 11) is 0. The van der Waals surface area contributed by atoms with Gasteiger partial charge in [0.2, 0.25) is 0 Å². The summed E-state index contributed by atoms with van der Waals surface area (Å²) in [6.07, 6.45) is 0. The van der Waals surface area contributed by atoms with E-state index in [1.807, 2.05) is 13.8 Å². The summed E-state index contributed by atoms with van der Waals surface area (Å²) in [4.78, 5) is 14.6. The van der Waals surface area contributed by atoms with E-state index in [2.05, 4.69) is 4.98 Å². The van der Waals surface area contributed by atoms with Gasteiger partial charge in [0.05, 0.1) is 10.7 Å². The Morgan fingerprint density at radius 3 is 2.62 bits per heavy atom. The van der Waals surface area contributed by atoms with Crippen LogP contribution in [0.1, 0.15) is 40.1 Å². The van der Waals surface area contributed by atoms with Crippen molar-refractivity contribution in [3.8, 4) is 0 Å². The highest BCUT2D eigenvalue weighted by Gasteiger charge is 2.18. The molecule has 5 heteroatoms. The second kappa shape index (κ2) is 3.83. The summed E-state index contributed by atoms with van der Waals surface area (Å²) in [5.74, 6) is -0.958. The van der Waals surface area contributed by atoms with Gasteiger partial charge in [0.1, 0.15) is 11.6 Å². The van der Waals surface area contributed by atoms with Crippen molar-refractivity contribution in [2.45, 2.75) is 26.4 Å². The lowest BCUT2D eigenvalue weighted by Crippen LogP contribution is -1.96. The number of carboxylic acids is 1. The minimum atomic E-state index is -1.10.